The summed E-state index contributed by atoms with van der Waals surface area (Å²) in [6.45, 7) is 4.33. The number of aliphatic hydroxyl groups is 1. The molecule has 1 aliphatic rings. The Bertz CT molecular complexity index is 1650. The summed E-state index contributed by atoms with van der Waals surface area (Å²) in [4.78, 5) is 21.6. The molecule has 0 bridgehead atoms. The molecule has 4 aromatic rings. The van der Waals surface area contributed by atoms with E-state index >= 15 is 0 Å². The minimum absolute atomic E-state index is 0.0229. The van der Waals surface area contributed by atoms with Crippen molar-refractivity contribution in [1.82, 2.24) is 15.3 Å². The number of rotatable bonds is 6. The summed E-state index contributed by atoms with van der Waals surface area (Å²) in [6.07, 6.45) is -3.60. The monoisotopic (exact) mass is 569 g/mol. The second-order valence-electron chi connectivity index (χ2n) is 10.7. The smallest absolute Gasteiger partial charge is 0.424 e. The van der Waals surface area contributed by atoms with Crippen molar-refractivity contribution in [2.75, 3.05) is 20.3 Å². The maximum Gasteiger partial charge on any atom is 0.424 e. The number of methoxy groups -OCH3 is 1. The molecule has 5 rings (SSSR count). The predicted molar refractivity (Wildman–Crippen MR) is 143 cm³/mol. The quantitative estimate of drug-likeness (QED) is 0.294. The number of benzene rings is 2. The highest BCUT2D eigenvalue weighted by molar-refractivity contribution is 6.00. The highest BCUT2D eigenvalue weighted by Crippen LogP contribution is 2.47. The van der Waals surface area contributed by atoms with Gasteiger partial charge in [0.25, 0.3) is 5.91 Å². The maximum atomic E-state index is 14.6. The largest absolute Gasteiger partial charge is 0.494 e. The van der Waals surface area contributed by atoms with Crippen LogP contribution < -0.4 is 14.8 Å². The van der Waals surface area contributed by atoms with Crippen LogP contribution >= 0.6 is 0 Å². The van der Waals surface area contributed by atoms with Crippen molar-refractivity contribution < 1.29 is 36.9 Å². The minimum Gasteiger partial charge on any atom is -0.494 e. The van der Waals surface area contributed by atoms with Gasteiger partial charge in [-0.1, -0.05) is 13.8 Å². The molecule has 11 heteroatoms. The molecule has 214 valence electrons. The third-order valence-electron chi connectivity index (χ3n) is 7.16. The molecule has 0 aliphatic carbocycles. The van der Waals surface area contributed by atoms with Crippen LogP contribution in [0.5, 0.6) is 11.5 Å². The van der Waals surface area contributed by atoms with Crippen molar-refractivity contribution in [3.63, 3.8) is 0 Å². The molecule has 3 heterocycles. The van der Waals surface area contributed by atoms with Crippen LogP contribution in [0.15, 0.2) is 54.7 Å². The number of fused-ring (bicyclic) bond motifs is 2. The topological polar surface area (TPSA) is 93.6 Å². The fourth-order valence-corrected chi connectivity index (χ4v) is 4.79. The van der Waals surface area contributed by atoms with Gasteiger partial charge < -0.3 is 19.9 Å². The molecular weight excluding hydrogens is 542 g/mol. The number of halogens is 4. The lowest BCUT2D eigenvalue weighted by Gasteiger charge is -2.31. The lowest BCUT2D eigenvalue weighted by Crippen LogP contribution is -2.51. The van der Waals surface area contributed by atoms with E-state index in [0.29, 0.717) is 22.0 Å². The van der Waals surface area contributed by atoms with E-state index in [4.69, 9.17) is 9.47 Å². The number of pyridine rings is 2. The van der Waals surface area contributed by atoms with Gasteiger partial charge in [0.15, 0.2) is 0 Å². The summed E-state index contributed by atoms with van der Waals surface area (Å²) < 4.78 is 68.5. The van der Waals surface area contributed by atoms with Crippen LogP contribution in [0.4, 0.5) is 17.6 Å². The Morgan fingerprint density at radius 2 is 1.85 bits per heavy atom. The van der Waals surface area contributed by atoms with Gasteiger partial charge in [0.1, 0.15) is 28.5 Å². The Hall–Kier alpha value is -4.25. The molecule has 0 saturated heterocycles. The Balaban J connectivity index is 1.56. The minimum atomic E-state index is -5.23. The molecule has 41 heavy (non-hydrogen) atoms. The van der Waals surface area contributed by atoms with Crippen molar-refractivity contribution >= 4 is 16.8 Å². The average Bonchev–Trinajstić information content (AvgIpc) is 3.24. The number of carbonyl (C=O) groups excluding carboxylic acids is 1. The summed E-state index contributed by atoms with van der Waals surface area (Å²) >= 11 is 0. The van der Waals surface area contributed by atoms with Gasteiger partial charge in [-0.25, -0.2) is 9.37 Å². The molecule has 1 aliphatic heterocycles. The third kappa shape index (κ3) is 5.06. The van der Waals surface area contributed by atoms with E-state index < -0.39 is 41.2 Å². The molecule has 2 aromatic carbocycles. The van der Waals surface area contributed by atoms with E-state index in [1.165, 1.54) is 31.4 Å². The summed E-state index contributed by atoms with van der Waals surface area (Å²) in [7, 11) is 1.39. The highest BCUT2D eigenvalue weighted by atomic mass is 19.4. The van der Waals surface area contributed by atoms with E-state index in [9.17, 15) is 27.5 Å². The van der Waals surface area contributed by atoms with E-state index in [-0.39, 0.29) is 29.4 Å². The van der Waals surface area contributed by atoms with Crippen LogP contribution in [0.3, 0.4) is 0 Å². The van der Waals surface area contributed by atoms with E-state index in [1.807, 2.05) is 6.92 Å². The van der Waals surface area contributed by atoms with Crippen LogP contribution in [0, 0.1) is 12.7 Å². The Morgan fingerprint density at radius 1 is 1.15 bits per heavy atom. The van der Waals surface area contributed by atoms with Crippen molar-refractivity contribution in [1.29, 1.82) is 0 Å². The second kappa shape index (κ2) is 9.99. The van der Waals surface area contributed by atoms with Crippen molar-refractivity contribution in [3.05, 3.63) is 82.9 Å². The number of amides is 1. The first-order chi connectivity index (χ1) is 19.2. The highest BCUT2D eigenvalue weighted by Gasteiger charge is 2.57. The summed E-state index contributed by atoms with van der Waals surface area (Å²) in [5.41, 5.74) is -2.93. The van der Waals surface area contributed by atoms with Crippen LogP contribution in [-0.4, -0.2) is 47.4 Å². The first-order valence-electron chi connectivity index (χ1n) is 12.7. The van der Waals surface area contributed by atoms with Crippen molar-refractivity contribution in [2.24, 2.45) is 0 Å². The standard InChI is InChI=1S/C30H27F4N3O4/c1-16-9-18-10-19(11-22(40-4)24(18)35-13-16)27(38)36-14-29(39,30(32,33)34)23-12-21-26(41-15-28(21,2)3)25(37-23)17-5-7-20(31)8-6-17/h5-13,39H,14-15H2,1-4H3,(H,36,38)/t29-/m0/s1. The normalized spacial score (nSPS) is 15.6. The number of nitrogens with zero attached hydrogens (tertiary/aromatic N) is 2. The van der Waals surface area contributed by atoms with Crippen molar-refractivity contribution in [2.45, 2.75) is 38.0 Å². The van der Waals surface area contributed by atoms with Gasteiger partial charge in [-0.15, -0.1) is 0 Å². The molecule has 0 saturated carbocycles. The number of hydrogen-bond donors (Lipinski definition) is 2. The zero-order valence-corrected chi connectivity index (χ0v) is 22.7. The van der Waals surface area contributed by atoms with Gasteiger partial charge in [0, 0.05) is 33.7 Å². The summed E-state index contributed by atoms with van der Waals surface area (Å²) in [5.74, 6) is -0.872. The molecule has 0 fully saturated rings. The van der Waals surface area contributed by atoms with E-state index in [1.54, 1.807) is 26.1 Å². The van der Waals surface area contributed by atoms with Gasteiger partial charge in [-0.05, 0) is 61.0 Å². The number of ether oxygens (including phenoxy) is 2. The second-order valence-corrected chi connectivity index (χ2v) is 10.7. The van der Waals surface area contributed by atoms with Crippen molar-refractivity contribution in [3.8, 4) is 22.8 Å². The van der Waals surface area contributed by atoms with Crippen LogP contribution in [-0.2, 0) is 11.0 Å². The molecule has 2 N–H and O–H groups in total. The summed E-state index contributed by atoms with van der Waals surface area (Å²) in [6, 6.07) is 10.8. The summed E-state index contributed by atoms with van der Waals surface area (Å²) in [5, 5.41) is 14.0. The van der Waals surface area contributed by atoms with Crippen LogP contribution in [0.2, 0.25) is 0 Å². The third-order valence-corrected chi connectivity index (χ3v) is 7.16. The lowest BCUT2D eigenvalue weighted by atomic mass is 9.84. The Labute approximate surface area is 233 Å². The van der Waals surface area contributed by atoms with Gasteiger partial charge in [0.2, 0.25) is 5.60 Å². The average molecular weight is 570 g/mol. The van der Waals surface area contributed by atoms with Crippen LogP contribution in [0.25, 0.3) is 22.2 Å². The number of alkyl halides is 3. The number of aryl methyl sites for hydroxylation is 1. The molecule has 0 radical (unpaired) electrons. The first kappa shape index (κ1) is 28.3. The molecule has 0 unspecified atom stereocenters. The molecule has 7 nitrogen and oxygen atoms in total. The lowest BCUT2D eigenvalue weighted by molar-refractivity contribution is -0.265. The number of aromatic nitrogens is 2. The first-order valence-corrected chi connectivity index (χ1v) is 12.7. The van der Waals surface area contributed by atoms with Gasteiger partial charge in [-0.2, -0.15) is 13.2 Å². The number of hydrogen-bond acceptors (Lipinski definition) is 6. The molecule has 1 atom stereocenters. The van der Waals surface area contributed by atoms with Gasteiger partial charge in [-0.3, -0.25) is 9.78 Å². The van der Waals surface area contributed by atoms with Gasteiger partial charge in [0.05, 0.1) is 26.0 Å². The predicted octanol–water partition coefficient (Wildman–Crippen LogP) is 5.60. The van der Waals surface area contributed by atoms with Gasteiger partial charge >= 0.3 is 6.18 Å². The number of nitrogens with one attached hydrogen (secondary N) is 1. The zero-order chi connectivity index (χ0) is 29.7. The molecule has 2 aromatic heterocycles. The molecular formula is C30H27F4N3O4. The fourth-order valence-electron chi connectivity index (χ4n) is 4.79. The van der Waals surface area contributed by atoms with E-state index in [0.717, 1.165) is 23.8 Å². The van der Waals surface area contributed by atoms with E-state index in [2.05, 4.69) is 15.3 Å². The zero-order valence-electron chi connectivity index (χ0n) is 22.7. The number of carbonyl (C=O) groups is 1. The fraction of sp³-hybridized carbons (Fsp3) is 0.300. The van der Waals surface area contributed by atoms with Crippen LogP contribution in [0.1, 0.15) is 41.0 Å². The molecule has 0 spiro atoms. The SMILES string of the molecule is COc1cc(C(=O)NC[C@](O)(c2cc3c(c(-c4ccc(F)cc4)n2)OCC3(C)C)C(F)(F)F)cc2cc(C)cnc12. The maximum absolute atomic E-state index is 14.6. The Kier molecular flexibility index (Phi) is 6.89. The molecule has 1 amide bonds. The Morgan fingerprint density at radius 3 is 2.51 bits per heavy atom.